The van der Waals surface area contributed by atoms with Crippen LogP contribution in [0.3, 0.4) is 0 Å². The number of carbonyl (C=O) groups is 4. The number of ketones is 2. The molecular formula is C35H27BrN2O5. The molecule has 3 aromatic carbocycles. The number of anilines is 3. The van der Waals surface area contributed by atoms with E-state index in [9.17, 15) is 24.3 Å². The van der Waals surface area contributed by atoms with Gasteiger partial charge in [-0.15, -0.1) is 0 Å². The van der Waals surface area contributed by atoms with Crippen LogP contribution in [0, 0.1) is 17.8 Å². The standard InChI is InChI=1S/C35H27BrN2O5/c1-18-15-29(40)32-27(33(18)41)17-25-23(30(32)26-16-19(36)7-14-28(26)39)12-13-24-31(25)35(43)38(34(24)42)22-10-8-21(9-11-22)37-20-5-3-2-4-6-20/h2-12,14-16,24-25,30-31,37,39H,13,17H2,1H3. The Morgan fingerprint density at radius 1 is 0.884 bits per heavy atom. The number of aromatic hydroxyl groups is 1. The van der Waals surface area contributed by atoms with Crippen LogP contribution in [0.25, 0.3) is 0 Å². The van der Waals surface area contributed by atoms with E-state index in [0.717, 1.165) is 16.9 Å². The fourth-order valence-corrected chi connectivity index (χ4v) is 7.51. The van der Waals surface area contributed by atoms with Crippen LogP contribution in [0.2, 0.25) is 0 Å². The highest BCUT2D eigenvalue weighted by atomic mass is 79.9. The maximum absolute atomic E-state index is 14.1. The molecule has 0 bridgehead atoms. The van der Waals surface area contributed by atoms with Gasteiger partial charge in [-0.3, -0.25) is 24.1 Å². The summed E-state index contributed by atoms with van der Waals surface area (Å²) in [5.41, 5.74) is 4.58. The number of Topliss-reactive ketones (excluding diaryl/α,β-unsaturated/α-hetero) is 1. The summed E-state index contributed by atoms with van der Waals surface area (Å²) in [4.78, 5) is 56.1. The largest absolute Gasteiger partial charge is 0.508 e. The van der Waals surface area contributed by atoms with E-state index in [1.54, 1.807) is 37.3 Å². The van der Waals surface area contributed by atoms with Crippen molar-refractivity contribution in [2.45, 2.75) is 25.7 Å². The van der Waals surface area contributed by atoms with Gasteiger partial charge in [0, 0.05) is 44.0 Å². The average Bonchev–Trinajstić information content (AvgIpc) is 3.26. The van der Waals surface area contributed by atoms with Crippen LogP contribution in [0.1, 0.15) is 31.2 Å². The summed E-state index contributed by atoms with van der Waals surface area (Å²) in [5.74, 6) is -3.51. The SMILES string of the molecule is CC1=CC(=O)C2=C(CC3C(=CCC4C(=O)N(c5ccc(Nc6ccccc6)cc5)C(=O)C43)C2c2cc(Br)ccc2O)C1=O. The zero-order valence-electron chi connectivity index (χ0n) is 23.2. The number of phenolic OH excluding ortho intramolecular Hbond substituents is 1. The first kappa shape index (κ1) is 27.3. The number of imide groups is 1. The number of para-hydroxylation sites is 1. The Morgan fingerprint density at radius 3 is 2.35 bits per heavy atom. The number of benzene rings is 3. The number of rotatable bonds is 4. The van der Waals surface area contributed by atoms with Crippen molar-refractivity contribution < 1.29 is 24.3 Å². The van der Waals surface area contributed by atoms with E-state index in [1.807, 2.05) is 48.5 Å². The van der Waals surface area contributed by atoms with Crippen LogP contribution in [0.15, 0.2) is 112 Å². The summed E-state index contributed by atoms with van der Waals surface area (Å²) in [6, 6.07) is 21.9. The van der Waals surface area contributed by atoms with Gasteiger partial charge in [0.15, 0.2) is 11.6 Å². The maximum atomic E-state index is 14.1. The van der Waals surface area contributed by atoms with Gasteiger partial charge in [-0.05, 0) is 86.4 Å². The Labute approximate surface area is 256 Å². The van der Waals surface area contributed by atoms with Crippen molar-refractivity contribution in [3.63, 3.8) is 0 Å². The van der Waals surface area contributed by atoms with Gasteiger partial charge in [-0.1, -0.05) is 45.8 Å². The van der Waals surface area contributed by atoms with Crippen molar-refractivity contribution in [2.75, 3.05) is 10.2 Å². The highest BCUT2D eigenvalue weighted by Crippen LogP contribution is 2.56. The quantitative estimate of drug-likeness (QED) is 0.192. The second kappa shape index (κ2) is 10.3. The van der Waals surface area contributed by atoms with Gasteiger partial charge in [0.1, 0.15) is 5.75 Å². The molecule has 0 saturated carbocycles. The molecule has 3 aromatic rings. The lowest BCUT2D eigenvalue weighted by Crippen LogP contribution is -2.39. The second-order valence-electron chi connectivity index (χ2n) is 11.5. The summed E-state index contributed by atoms with van der Waals surface area (Å²) in [6.45, 7) is 1.62. The van der Waals surface area contributed by atoms with Crippen LogP contribution in [-0.2, 0) is 19.2 Å². The minimum Gasteiger partial charge on any atom is -0.508 e. The van der Waals surface area contributed by atoms with Gasteiger partial charge in [-0.2, -0.15) is 0 Å². The molecule has 4 unspecified atom stereocenters. The predicted molar refractivity (Wildman–Crippen MR) is 166 cm³/mol. The normalized spacial score (nSPS) is 24.7. The van der Waals surface area contributed by atoms with Gasteiger partial charge in [0.2, 0.25) is 11.8 Å². The van der Waals surface area contributed by atoms with Gasteiger partial charge in [0.05, 0.1) is 17.5 Å². The third-order valence-electron chi connectivity index (χ3n) is 9.05. The lowest BCUT2D eigenvalue weighted by Gasteiger charge is -2.42. The minimum absolute atomic E-state index is 0.00472. The number of allylic oxidation sites excluding steroid dienone is 6. The van der Waals surface area contributed by atoms with E-state index in [1.165, 1.54) is 11.0 Å². The Bertz CT molecular complexity index is 1820. The van der Waals surface area contributed by atoms with Gasteiger partial charge in [0.25, 0.3) is 0 Å². The number of amides is 2. The lowest BCUT2D eigenvalue weighted by molar-refractivity contribution is -0.123. The molecule has 4 aliphatic rings. The van der Waals surface area contributed by atoms with Crippen molar-refractivity contribution in [1.82, 2.24) is 0 Å². The molecule has 0 radical (unpaired) electrons. The van der Waals surface area contributed by atoms with Crippen molar-refractivity contribution in [3.05, 3.63) is 117 Å². The average molecular weight is 636 g/mol. The number of hydrogen-bond acceptors (Lipinski definition) is 6. The Kier molecular flexibility index (Phi) is 6.54. The van der Waals surface area contributed by atoms with Crippen molar-refractivity contribution in [3.8, 4) is 5.75 Å². The molecule has 1 fully saturated rings. The van der Waals surface area contributed by atoms with Crippen molar-refractivity contribution in [2.24, 2.45) is 17.8 Å². The van der Waals surface area contributed by atoms with Gasteiger partial charge < -0.3 is 10.4 Å². The van der Waals surface area contributed by atoms with Crippen molar-refractivity contribution >= 4 is 56.4 Å². The van der Waals surface area contributed by atoms with Crippen LogP contribution in [-0.4, -0.2) is 28.5 Å². The molecule has 2 N–H and O–H groups in total. The van der Waals surface area contributed by atoms with E-state index in [4.69, 9.17) is 0 Å². The predicted octanol–water partition coefficient (Wildman–Crippen LogP) is 6.53. The highest BCUT2D eigenvalue weighted by molar-refractivity contribution is 9.10. The molecule has 1 aliphatic heterocycles. The Balaban J connectivity index is 1.26. The molecular weight excluding hydrogens is 608 g/mol. The lowest BCUT2D eigenvalue weighted by atomic mass is 9.59. The van der Waals surface area contributed by atoms with Crippen LogP contribution in [0.5, 0.6) is 5.75 Å². The summed E-state index contributed by atoms with van der Waals surface area (Å²) in [5, 5.41) is 14.3. The van der Waals surface area contributed by atoms with E-state index in [0.29, 0.717) is 38.9 Å². The molecule has 7 nitrogen and oxygen atoms in total. The number of fused-ring (bicyclic) bond motifs is 3. The number of halogens is 1. The van der Waals surface area contributed by atoms with Gasteiger partial charge >= 0.3 is 0 Å². The summed E-state index contributed by atoms with van der Waals surface area (Å²) < 4.78 is 0.712. The van der Waals surface area contributed by atoms with Crippen LogP contribution < -0.4 is 10.2 Å². The number of nitrogens with zero attached hydrogens (tertiary/aromatic N) is 1. The molecule has 43 heavy (non-hydrogen) atoms. The monoisotopic (exact) mass is 634 g/mol. The summed E-state index contributed by atoms with van der Waals surface area (Å²) >= 11 is 3.47. The molecule has 1 heterocycles. The second-order valence-corrected chi connectivity index (χ2v) is 12.4. The zero-order chi connectivity index (χ0) is 30.0. The Hall–Kier alpha value is -4.56. The van der Waals surface area contributed by atoms with Crippen molar-refractivity contribution in [1.29, 1.82) is 0 Å². The number of nitrogens with one attached hydrogen (secondary N) is 1. The third-order valence-corrected chi connectivity index (χ3v) is 9.54. The highest BCUT2D eigenvalue weighted by Gasteiger charge is 2.56. The first-order chi connectivity index (χ1) is 20.7. The molecule has 4 atom stereocenters. The molecule has 0 aromatic heterocycles. The Morgan fingerprint density at radius 2 is 1.60 bits per heavy atom. The topological polar surface area (TPSA) is 104 Å². The molecule has 2 amide bonds. The molecule has 8 heteroatoms. The van der Waals surface area contributed by atoms with E-state index < -0.39 is 23.7 Å². The van der Waals surface area contributed by atoms with Crippen LogP contribution in [0.4, 0.5) is 17.1 Å². The number of carbonyl (C=O) groups excluding carboxylic acids is 4. The molecule has 3 aliphatic carbocycles. The summed E-state index contributed by atoms with van der Waals surface area (Å²) in [7, 11) is 0. The molecule has 0 spiro atoms. The third kappa shape index (κ3) is 4.39. The summed E-state index contributed by atoms with van der Waals surface area (Å²) in [6.07, 6.45) is 3.83. The zero-order valence-corrected chi connectivity index (χ0v) is 24.8. The van der Waals surface area contributed by atoms with Gasteiger partial charge in [-0.25, -0.2) is 0 Å². The minimum atomic E-state index is -0.701. The molecule has 214 valence electrons. The van der Waals surface area contributed by atoms with E-state index in [2.05, 4.69) is 21.2 Å². The first-order valence-corrected chi connectivity index (χ1v) is 15.0. The van der Waals surface area contributed by atoms with Crippen LogP contribution >= 0.6 is 15.9 Å². The fourth-order valence-electron chi connectivity index (χ4n) is 7.13. The number of hydrogen-bond donors (Lipinski definition) is 2. The van der Waals surface area contributed by atoms with E-state index in [-0.39, 0.29) is 35.6 Å². The fraction of sp³-hybridized carbons (Fsp3) is 0.200. The first-order valence-electron chi connectivity index (χ1n) is 14.2. The maximum Gasteiger partial charge on any atom is 0.238 e. The molecule has 7 rings (SSSR count). The smallest absolute Gasteiger partial charge is 0.238 e. The number of phenols is 1. The molecule has 1 saturated heterocycles. The van der Waals surface area contributed by atoms with E-state index >= 15 is 0 Å².